The highest BCUT2D eigenvalue weighted by atomic mass is 79.9. The van der Waals surface area contributed by atoms with Gasteiger partial charge in [0.25, 0.3) is 5.56 Å². The monoisotopic (exact) mass is 367 g/mol. The average Bonchev–Trinajstić information content (AvgIpc) is 2.47. The zero-order valence-corrected chi connectivity index (χ0v) is 14.0. The summed E-state index contributed by atoms with van der Waals surface area (Å²) < 4.78 is 20.0. The maximum Gasteiger partial charge on any atom is 0.344 e. The van der Waals surface area contributed by atoms with Crippen molar-refractivity contribution < 1.29 is 13.9 Å². The van der Waals surface area contributed by atoms with Gasteiger partial charge in [-0.25, -0.2) is 9.18 Å². The number of esters is 1. The number of hydrogen-bond donors (Lipinski definition) is 0. The Labute approximate surface area is 135 Å². The summed E-state index contributed by atoms with van der Waals surface area (Å²) in [6.45, 7) is 5.28. The summed E-state index contributed by atoms with van der Waals surface area (Å²) in [5.74, 6) is -1.06. The van der Waals surface area contributed by atoms with Crippen molar-refractivity contribution in [1.29, 1.82) is 0 Å². The van der Waals surface area contributed by atoms with E-state index in [9.17, 15) is 14.0 Å². The van der Waals surface area contributed by atoms with Crippen LogP contribution in [-0.2, 0) is 4.74 Å². The Bertz CT molecular complexity index is 781. The molecule has 0 fully saturated rings. The first-order valence-electron chi connectivity index (χ1n) is 6.73. The standard InChI is InChI=1S/C16H15BrFNO3/c1-4-22-16(21)13-9(2)14(17)10(3)19(15(13)20)12-7-5-11(18)6-8-12/h5-8H,4H2,1-3H3. The van der Waals surface area contributed by atoms with Crippen molar-refractivity contribution >= 4 is 21.9 Å². The molecule has 0 saturated heterocycles. The summed E-state index contributed by atoms with van der Waals surface area (Å²) in [6, 6.07) is 5.50. The second kappa shape index (κ2) is 6.44. The first-order chi connectivity index (χ1) is 10.4. The smallest absolute Gasteiger partial charge is 0.344 e. The largest absolute Gasteiger partial charge is 0.462 e. The summed E-state index contributed by atoms with van der Waals surface area (Å²) in [6.07, 6.45) is 0. The van der Waals surface area contributed by atoms with Crippen LogP contribution in [0.1, 0.15) is 28.5 Å². The van der Waals surface area contributed by atoms with E-state index in [1.807, 2.05) is 0 Å². The molecule has 1 heterocycles. The molecule has 0 aliphatic rings. The SMILES string of the molecule is CCOC(=O)c1c(C)c(Br)c(C)n(-c2ccc(F)cc2)c1=O. The third kappa shape index (κ3) is 2.83. The van der Waals surface area contributed by atoms with E-state index in [0.29, 0.717) is 21.4 Å². The lowest BCUT2D eigenvalue weighted by Gasteiger charge is -2.16. The fourth-order valence-corrected chi connectivity index (χ4v) is 2.62. The van der Waals surface area contributed by atoms with E-state index in [1.165, 1.54) is 28.8 Å². The fourth-order valence-electron chi connectivity index (χ4n) is 2.25. The third-order valence-electron chi connectivity index (χ3n) is 3.34. The number of pyridine rings is 1. The number of carbonyl (C=O) groups is 1. The van der Waals surface area contributed by atoms with E-state index in [2.05, 4.69) is 15.9 Å². The minimum atomic E-state index is -0.665. The van der Waals surface area contributed by atoms with Crippen molar-refractivity contribution in [3.8, 4) is 5.69 Å². The Kier molecular flexibility index (Phi) is 4.81. The second-order valence-electron chi connectivity index (χ2n) is 4.74. The van der Waals surface area contributed by atoms with Crippen molar-refractivity contribution in [3.63, 3.8) is 0 Å². The van der Waals surface area contributed by atoms with Crippen molar-refractivity contribution in [2.24, 2.45) is 0 Å². The predicted molar refractivity (Wildman–Crippen MR) is 85.1 cm³/mol. The highest BCUT2D eigenvalue weighted by molar-refractivity contribution is 9.10. The normalized spacial score (nSPS) is 10.6. The van der Waals surface area contributed by atoms with Crippen LogP contribution in [0.2, 0.25) is 0 Å². The molecule has 0 aliphatic heterocycles. The molecule has 2 rings (SSSR count). The van der Waals surface area contributed by atoms with Gasteiger partial charge in [-0.3, -0.25) is 9.36 Å². The second-order valence-corrected chi connectivity index (χ2v) is 5.53. The van der Waals surface area contributed by atoms with Crippen LogP contribution in [0.3, 0.4) is 0 Å². The number of hydrogen-bond acceptors (Lipinski definition) is 3. The lowest BCUT2D eigenvalue weighted by Crippen LogP contribution is -2.30. The van der Waals surface area contributed by atoms with Gasteiger partial charge < -0.3 is 4.74 Å². The molecule has 1 aromatic heterocycles. The van der Waals surface area contributed by atoms with Crippen LogP contribution in [0.25, 0.3) is 5.69 Å². The highest BCUT2D eigenvalue weighted by Gasteiger charge is 2.22. The molecule has 0 unspecified atom stereocenters. The van der Waals surface area contributed by atoms with Gasteiger partial charge in [0.1, 0.15) is 11.4 Å². The van der Waals surface area contributed by atoms with Gasteiger partial charge in [-0.2, -0.15) is 0 Å². The number of ether oxygens (including phenoxy) is 1. The van der Waals surface area contributed by atoms with Crippen LogP contribution in [0.5, 0.6) is 0 Å². The molecule has 6 heteroatoms. The number of carbonyl (C=O) groups excluding carboxylic acids is 1. The molecule has 0 amide bonds. The van der Waals surface area contributed by atoms with E-state index in [4.69, 9.17) is 4.74 Å². The first kappa shape index (κ1) is 16.4. The zero-order valence-electron chi connectivity index (χ0n) is 12.4. The van der Waals surface area contributed by atoms with Gasteiger partial charge in [0.2, 0.25) is 0 Å². The average molecular weight is 368 g/mol. The Balaban J connectivity index is 2.77. The Hall–Kier alpha value is -1.95. The molecule has 1 aromatic carbocycles. The number of nitrogens with zero attached hydrogens (tertiary/aromatic N) is 1. The summed E-state index contributed by atoms with van der Waals surface area (Å²) in [7, 11) is 0. The lowest BCUT2D eigenvalue weighted by molar-refractivity contribution is 0.0523. The van der Waals surface area contributed by atoms with E-state index in [0.717, 1.165) is 0 Å². The first-order valence-corrected chi connectivity index (χ1v) is 7.52. The summed E-state index contributed by atoms with van der Waals surface area (Å²) in [4.78, 5) is 24.8. The Morgan fingerprint density at radius 3 is 2.41 bits per heavy atom. The fraction of sp³-hybridized carbons (Fsp3) is 0.250. The molecule has 2 aromatic rings. The van der Waals surface area contributed by atoms with Crippen LogP contribution in [0, 0.1) is 19.7 Å². The van der Waals surface area contributed by atoms with E-state index in [-0.39, 0.29) is 12.2 Å². The minimum absolute atomic E-state index is 0.0244. The lowest BCUT2D eigenvalue weighted by atomic mass is 10.1. The van der Waals surface area contributed by atoms with E-state index < -0.39 is 17.3 Å². The number of benzene rings is 1. The minimum Gasteiger partial charge on any atom is -0.462 e. The molecule has 0 N–H and O–H groups in total. The van der Waals surface area contributed by atoms with Gasteiger partial charge in [-0.1, -0.05) is 0 Å². The molecule has 4 nitrogen and oxygen atoms in total. The maximum atomic E-state index is 13.1. The van der Waals surface area contributed by atoms with Gasteiger partial charge >= 0.3 is 5.97 Å². The molecule has 0 spiro atoms. The summed E-state index contributed by atoms with van der Waals surface area (Å²) >= 11 is 3.40. The molecule has 22 heavy (non-hydrogen) atoms. The van der Waals surface area contributed by atoms with Gasteiger partial charge in [0.15, 0.2) is 0 Å². The molecular weight excluding hydrogens is 353 g/mol. The van der Waals surface area contributed by atoms with E-state index in [1.54, 1.807) is 20.8 Å². The van der Waals surface area contributed by atoms with Crippen molar-refractivity contribution in [2.75, 3.05) is 6.61 Å². The van der Waals surface area contributed by atoms with Crippen LogP contribution >= 0.6 is 15.9 Å². The molecule has 0 bridgehead atoms. The topological polar surface area (TPSA) is 48.3 Å². The molecule has 116 valence electrons. The third-order valence-corrected chi connectivity index (χ3v) is 4.51. The Morgan fingerprint density at radius 2 is 1.86 bits per heavy atom. The number of rotatable bonds is 3. The molecular formula is C16H15BrFNO3. The number of aromatic nitrogens is 1. The molecule has 0 radical (unpaired) electrons. The summed E-state index contributed by atoms with van der Waals surface area (Å²) in [5, 5.41) is 0. The highest BCUT2D eigenvalue weighted by Crippen LogP contribution is 2.24. The van der Waals surface area contributed by atoms with E-state index >= 15 is 0 Å². The zero-order chi connectivity index (χ0) is 16.4. The molecule has 0 atom stereocenters. The van der Waals surface area contributed by atoms with Crippen molar-refractivity contribution in [3.05, 3.63) is 61.7 Å². The van der Waals surface area contributed by atoms with Crippen molar-refractivity contribution in [1.82, 2.24) is 4.57 Å². The molecule has 0 saturated carbocycles. The van der Waals surface area contributed by atoms with Crippen LogP contribution in [0.4, 0.5) is 4.39 Å². The Morgan fingerprint density at radius 1 is 1.27 bits per heavy atom. The number of halogens is 2. The van der Waals surface area contributed by atoms with Crippen LogP contribution in [0.15, 0.2) is 33.5 Å². The van der Waals surface area contributed by atoms with Crippen molar-refractivity contribution in [2.45, 2.75) is 20.8 Å². The summed E-state index contributed by atoms with van der Waals surface area (Å²) in [5.41, 5.74) is 1.13. The van der Waals surface area contributed by atoms with Crippen LogP contribution < -0.4 is 5.56 Å². The van der Waals surface area contributed by atoms with Gasteiger partial charge in [0.05, 0.1) is 6.61 Å². The van der Waals surface area contributed by atoms with Gasteiger partial charge in [0, 0.05) is 15.9 Å². The van der Waals surface area contributed by atoms with Gasteiger partial charge in [-0.05, 0) is 66.5 Å². The molecule has 0 aliphatic carbocycles. The van der Waals surface area contributed by atoms with Crippen LogP contribution in [-0.4, -0.2) is 17.1 Å². The quantitative estimate of drug-likeness (QED) is 0.779. The van der Waals surface area contributed by atoms with Gasteiger partial charge in [-0.15, -0.1) is 0 Å². The maximum absolute atomic E-state index is 13.1. The predicted octanol–water partition coefficient (Wildman–Crippen LogP) is 3.53.